The highest BCUT2D eigenvalue weighted by molar-refractivity contribution is 8.18. The van der Waals surface area contributed by atoms with E-state index in [0.29, 0.717) is 39.3 Å². The normalized spacial score (nSPS) is 14.4. The Labute approximate surface area is 219 Å². The van der Waals surface area contributed by atoms with Crippen molar-refractivity contribution in [3.63, 3.8) is 0 Å². The van der Waals surface area contributed by atoms with Gasteiger partial charge >= 0.3 is 0 Å². The molecule has 1 fully saturated rings. The number of carbonyl (C=O) groups excluding carboxylic acids is 2. The van der Waals surface area contributed by atoms with Crippen LogP contribution in [0.4, 0.5) is 4.79 Å². The van der Waals surface area contributed by atoms with Gasteiger partial charge in [-0.15, -0.1) is 0 Å². The SMILES string of the molecule is COc1cc(/C=C2\SC(=O)N(CCOc3cccc(C)c3)C2=O)cc(Cl)c1OCc1cccc(C)c1. The molecule has 4 rings (SSSR count). The molecule has 1 aliphatic heterocycles. The second kappa shape index (κ2) is 11.5. The molecule has 0 unspecified atom stereocenters. The summed E-state index contributed by atoms with van der Waals surface area (Å²) >= 11 is 7.39. The quantitative estimate of drug-likeness (QED) is 0.292. The fourth-order valence-corrected chi connectivity index (χ4v) is 4.86. The number of hydrogen-bond donors (Lipinski definition) is 0. The van der Waals surface area contributed by atoms with Crippen LogP contribution >= 0.6 is 23.4 Å². The zero-order valence-electron chi connectivity index (χ0n) is 20.2. The van der Waals surface area contributed by atoms with Gasteiger partial charge in [0.2, 0.25) is 0 Å². The fraction of sp³-hybridized carbons (Fsp3) is 0.214. The molecule has 1 aliphatic rings. The van der Waals surface area contributed by atoms with Crippen molar-refractivity contribution in [1.82, 2.24) is 4.90 Å². The van der Waals surface area contributed by atoms with E-state index in [1.165, 1.54) is 12.0 Å². The van der Waals surface area contributed by atoms with Gasteiger partial charge in [-0.05, 0) is 72.6 Å². The van der Waals surface area contributed by atoms with Crippen LogP contribution in [0.2, 0.25) is 5.02 Å². The zero-order chi connectivity index (χ0) is 25.7. The first-order valence-electron chi connectivity index (χ1n) is 11.3. The third kappa shape index (κ3) is 6.22. The van der Waals surface area contributed by atoms with Crippen molar-refractivity contribution in [3.05, 3.63) is 92.8 Å². The van der Waals surface area contributed by atoms with Gasteiger partial charge in [0.1, 0.15) is 19.0 Å². The van der Waals surface area contributed by atoms with E-state index in [4.69, 9.17) is 25.8 Å². The average molecular weight is 524 g/mol. The molecular formula is C28H26ClNO5S. The predicted molar refractivity (Wildman–Crippen MR) is 143 cm³/mol. The van der Waals surface area contributed by atoms with Crippen molar-refractivity contribution in [2.24, 2.45) is 0 Å². The Hall–Kier alpha value is -3.42. The predicted octanol–water partition coefficient (Wildman–Crippen LogP) is 6.66. The first-order valence-corrected chi connectivity index (χ1v) is 12.5. The maximum atomic E-state index is 12.9. The Morgan fingerprint density at radius 2 is 1.72 bits per heavy atom. The van der Waals surface area contributed by atoms with Gasteiger partial charge in [0.05, 0.1) is 23.6 Å². The van der Waals surface area contributed by atoms with Gasteiger partial charge in [-0.3, -0.25) is 14.5 Å². The van der Waals surface area contributed by atoms with Crippen LogP contribution in [0.1, 0.15) is 22.3 Å². The number of halogens is 1. The van der Waals surface area contributed by atoms with Crippen LogP contribution in [0.25, 0.3) is 6.08 Å². The molecule has 3 aromatic carbocycles. The smallest absolute Gasteiger partial charge is 0.293 e. The monoisotopic (exact) mass is 523 g/mol. The maximum Gasteiger partial charge on any atom is 0.293 e. The molecule has 0 saturated carbocycles. The Morgan fingerprint density at radius 3 is 2.44 bits per heavy atom. The lowest BCUT2D eigenvalue weighted by molar-refractivity contribution is -0.123. The van der Waals surface area contributed by atoms with Crippen molar-refractivity contribution in [1.29, 1.82) is 0 Å². The molecule has 0 aliphatic carbocycles. The summed E-state index contributed by atoms with van der Waals surface area (Å²) < 4.78 is 17.1. The number of benzene rings is 3. The van der Waals surface area contributed by atoms with Gasteiger partial charge in [0.25, 0.3) is 11.1 Å². The molecule has 0 spiro atoms. The van der Waals surface area contributed by atoms with Crippen LogP contribution in [-0.4, -0.2) is 36.3 Å². The molecule has 1 saturated heterocycles. The van der Waals surface area contributed by atoms with Crippen molar-refractivity contribution in [2.45, 2.75) is 20.5 Å². The van der Waals surface area contributed by atoms with Crippen molar-refractivity contribution in [2.75, 3.05) is 20.3 Å². The Bertz CT molecular complexity index is 1320. The Balaban J connectivity index is 1.44. The standard InChI is InChI=1S/C28H26ClNO5S/c1-18-6-4-8-20(12-18)17-35-26-23(29)14-21(15-24(26)33-3)16-25-27(31)30(28(32)36-25)10-11-34-22-9-5-7-19(2)13-22/h4-9,12-16H,10-11,17H2,1-3H3/b25-16-. The minimum absolute atomic E-state index is 0.158. The largest absolute Gasteiger partial charge is 0.493 e. The lowest BCUT2D eigenvalue weighted by Crippen LogP contribution is -2.32. The molecule has 0 N–H and O–H groups in total. The van der Waals surface area contributed by atoms with Crippen LogP contribution in [0.5, 0.6) is 17.2 Å². The van der Waals surface area contributed by atoms with Crippen LogP contribution in [0.3, 0.4) is 0 Å². The highest BCUT2D eigenvalue weighted by Crippen LogP contribution is 2.39. The third-order valence-corrected chi connectivity index (χ3v) is 6.65. The summed E-state index contributed by atoms with van der Waals surface area (Å²) in [4.78, 5) is 26.8. The minimum Gasteiger partial charge on any atom is -0.493 e. The van der Waals surface area contributed by atoms with E-state index in [1.54, 1.807) is 18.2 Å². The van der Waals surface area contributed by atoms with E-state index < -0.39 is 0 Å². The number of hydrogen-bond acceptors (Lipinski definition) is 6. The summed E-state index contributed by atoms with van der Waals surface area (Å²) in [7, 11) is 1.52. The van der Waals surface area contributed by atoms with Crippen LogP contribution in [0, 0.1) is 13.8 Å². The molecule has 8 heteroatoms. The number of nitrogens with zero attached hydrogens (tertiary/aromatic N) is 1. The van der Waals surface area contributed by atoms with Gasteiger partial charge in [-0.2, -0.15) is 0 Å². The van der Waals surface area contributed by atoms with E-state index in [-0.39, 0.29) is 24.3 Å². The first-order chi connectivity index (χ1) is 17.3. The molecule has 36 heavy (non-hydrogen) atoms. The molecule has 0 atom stereocenters. The summed E-state index contributed by atoms with van der Waals surface area (Å²) in [6.45, 7) is 4.69. The van der Waals surface area contributed by atoms with Gasteiger partial charge in [0, 0.05) is 0 Å². The summed E-state index contributed by atoms with van der Waals surface area (Å²) in [5.74, 6) is 1.18. The lowest BCUT2D eigenvalue weighted by atomic mass is 10.1. The third-order valence-electron chi connectivity index (χ3n) is 5.46. The number of ether oxygens (including phenoxy) is 3. The Kier molecular flexibility index (Phi) is 8.23. The van der Waals surface area contributed by atoms with Crippen molar-refractivity contribution < 1.29 is 23.8 Å². The minimum atomic E-state index is -0.368. The van der Waals surface area contributed by atoms with Crippen LogP contribution < -0.4 is 14.2 Å². The Morgan fingerprint density at radius 1 is 0.972 bits per heavy atom. The second-order valence-corrected chi connectivity index (χ2v) is 9.71. The first kappa shape index (κ1) is 25.7. The van der Waals surface area contributed by atoms with Crippen molar-refractivity contribution in [3.8, 4) is 17.2 Å². The topological polar surface area (TPSA) is 65.1 Å². The van der Waals surface area contributed by atoms with Crippen LogP contribution in [0.15, 0.2) is 65.6 Å². The molecule has 3 aromatic rings. The van der Waals surface area contributed by atoms with E-state index in [0.717, 1.165) is 28.5 Å². The molecule has 0 bridgehead atoms. The highest BCUT2D eigenvalue weighted by atomic mass is 35.5. The van der Waals surface area contributed by atoms with Crippen LogP contribution in [-0.2, 0) is 11.4 Å². The maximum absolute atomic E-state index is 12.9. The highest BCUT2D eigenvalue weighted by Gasteiger charge is 2.35. The van der Waals surface area contributed by atoms with E-state index in [9.17, 15) is 9.59 Å². The second-order valence-electron chi connectivity index (χ2n) is 8.31. The van der Waals surface area contributed by atoms with Gasteiger partial charge in [0.15, 0.2) is 11.5 Å². The number of rotatable bonds is 9. The van der Waals surface area contributed by atoms with E-state index >= 15 is 0 Å². The lowest BCUT2D eigenvalue weighted by Gasteiger charge is -2.14. The molecular weight excluding hydrogens is 498 g/mol. The number of thioether (sulfide) groups is 1. The summed E-state index contributed by atoms with van der Waals surface area (Å²) in [5.41, 5.74) is 3.85. The van der Waals surface area contributed by atoms with Crippen molar-refractivity contribution >= 4 is 40.6 Å². The van der Waals surface area contributed by atoms with E-state index in [2.05, 4.69) is 0 Å². The number of imide groups is 1. The average Bonchev–Trinajstić information content (AvgIpc) is 3.10. The van der Waals surface area contributed by atoms with Gasteiger partial charge in [-0.25, -0.2) is 0 Å². The number of aryl methyl sites for hydroxylation is 2. The number of amides is 2. The molecule has 0 aromatic heterocycles. The van der Waals surface area contributed by atoms with Gasteiger partial charge in [-0.1, -0.05) is 53.6 Å². The fourth-order valence-electron chi connectivity index (χ4n) is 3.72. The molecule has 6 nitrogen and oxygen atoms in total. The van der Waals surface area contributed by atoms with E-state index in [1.807, 2.05) is 62.4 Å². The molecule has 0 radical (unpaired) electrons. The summed E-state index contributed by atoms with van der Waals surface area (Å²) in [5, 5.41) is 0.00861. The number of carbonyl (C=O) groups is 2. The summed E-state index contributed by atoms with van der Waals surface area (Å²) in [6.07, 6.45) is 1.63. The summed E-state index contributed by atoms with van der Waals surface area (Å²) in [6, 6.07) is 19.0. The van der Waals surface area contributed by atoms with Gasteiger partial charge < -0.3 is 14.2 Å². The molecule has 1 heterocycles. The molecule has 2 amide bonds. The molecule has 186 valence electrons. The zero-order valence-corrected chi connectivity index (χ0v) is 21.8. The number of methoxy groups -OCH3 is 1.